The number of rotatable bonds is 4. The summed E-state index contributed by atoms with van der Waals surface area (Å²) >= 11 is 0. The van der Waals surface area contributed by atoms with Crippen LogP contribution in [0.3, 0.4) is 0 Å². The minimum absolute atomic E-state index is 0.751. The first-order valence-electron chi connectivity index (χ1n) is 4.98. The maximum Gasteiger partial charge on any atom is 0.117 e. The van der Waals surface area contributed by atoms with Gasteiger partial charge >= 0.3 is 0 Å². The van der Waals surface area contributed by atoms with Crippen molar-refractivity contribution in [1.29, 1.82) is 0 Å². The molecule has 4 heteroatoms. The highest BCUT2D eigenvalue weighted by Crippen LogP contribution is 2.05. The molecule has 80 valence electrons. The zero-order valence-corrected chi connectivity index (χ0v) is 9.03. The standard InChI is InChI=1S/C11H15N3O/c1-9-10(7-13-14(9)2)6-12-8-11-4-3-5-15-11/h3-5,7,12H,6,8H2,1-2H3. The molecule has 1 N–H and O–H groups in total. The average molecular weight is 205 g/mol. The highest BCUT2D eigenvalue weighted by molar-refractivity contribution is 5.15. The molecule has 2 aromatic rings. The quantitative estimate of drug-likeness (QED) is 0.824. The molecule has 0 aliphatic rings. The zero-order valence-electron chi connectivity index (χ0n) is 9.03. The van der Waals surface area contributed by atoms with Gasteiger partial charge in [-0.25, -0.2) is 0 Å². The van der Waals surface area contributed by atoms with Crippen molar-refractivity contribution >= 4 is 0 Å². The molecule has 4 nitrogen and oxygen atoms in total. The summed E-state index contributed by atoms with van der Waals surface area (Å²) in [4.78, 5) is 0. The number of nitrogens with zero attached hydrogens (tertiary/aromatic N) is 2. The Labute approximate surface area is 88.9 Å². The topological polar surface area (TPSA) is 43.0 Å². The molecule has 0 aliphatic carbocycles. The van der Waals surface area contributed by atoms with E-state index in [2.05, 4.69) is 17.3 Å². The predicted molar refractivity (Wildman–Crippen MR) is 57.2 cm³/mol. The Morgan fingerprint density at radius 2 is 2.33 bits per heavy atom. The number of nitrogens with one attached hydrogen (secondary N) is 1. The van der Waals surface area contributed by atoms with Crippen LogP contribution in [-0.2, 0) is 20.1 Å². The van der Waals surface area contributed by atoms with Crippen LogP contribution in [0.15, 0.2) is 29.0 Å². The molecule has 0 amide bonds. The first-order valence-corrected chi connectivity index (χ1v) is 4.98. The molecule has 0 unspecified atom stereocenters. The van der Waals surface area contributed by atoms with E-state index in [1.54, 1.807) is 6.26 Å². The average Bonchev–Trinajstić information content (AvgIpc) is 2.83. The Kier molecular flexibility index (Phi) is 2.87. The summed E-state index contributed by atoms with van der Waals surface area (Å²) in [6.07, 6.45) is 3.58. The lowest BCUT2D eigenvalue weighted by Gasteiger charge is -2.02. The molecular formula is C11H15N3O. The maximum absolute atomic E-state index is 5.22. The summed E-state index contributed by atoms with van der Waals surface area (Å²) in [5, 5.41) is 7.50. The number of aryl methyl sites for hydroxylation is 1. The highest BCUT2D eigenvalue weighted by atomic mass is 16.3. The van der Waals surface area contributed by atoms with Gasteiger partial charge < -0.3 is 9.73 Å². The molecule has 0 bridgehead atoms. The van der Waals surface area contributed by atoms with Crippen LogP contribution < -0.4 is 5.32 Å². The summed E-state index contributed by atoms with van der Waals surface area (Å²) < 4.78 is 7.10. The van der Waals surface area contributed by atoms with Crippen LogP contribution >= 0.6 is 0 Å². The second-order valence-corrected chi connectivity index (χ2v) is 3.56. The molecule has 0 atom stereocenters. The van der Waals surface area contributed by atoms with E-state index >= 15 is 0 Å². The fraction of sp³-hybridized carbons (Fsp3) is 0.364. The first kappa shape index (κ1) is 9.98. The van der Waals surface area contributed by atoms with Crippen molar-refractivity contribution in [3.63, 3.8) is 0 Å². The van der Waals surface area contributed by atoms with Crippen LogP contribution in [0, 0.1) is 6.92 Å². The Morgan fingerprint density at radius 3 is 2.93 bits per heavy atom. The van der Waals surface area contributed by atoms with E-state index in [0.717, 1.165) is 18.8 Å². The summed E-state index contributed by atoms with van der Waals surface area (Å²) in [6.45, 7) is 3.64. The summed E-state index contributed by atoms with van der Waals surface area (Å²) in [7, 11) is 1.95. The van der Waals surface area contributed by atoms with Crippen LogP contribution in [0.2, 0.25) is 0 Å². The summed E-state index contributed by atoms with van der Waals surface area (Å²) in [5.74, 6) is 0.955. The van der Waals surface area contributed by atoms with Crippen LogP contribution in [-0.4, -0.2) is 9.78 Å². The maximum atomic E-state index is 5.22. The monoisotopic (exact) mass is 205 g/mol. The molecule has 0 saturated carbocycles. The van der Waals surface area contributed by atoms with Gasteiger partial charge in [0.15, 0.2) is 0 Å². The van der Waals surface area contributed by atoms with Crippen LogP contribution in [0.5, 0.6) is 0 Å². The first-order chi connectivity index (χ1) is 7.27. The molecule has 0 saturated heterocycles. The third-order valence-corrected chi connectivity index (χ3v) is 2.53. The smallest absolute Gasteiger partial charge is 0.117 e. The third kappa shape index (κ3) is 2.27. The van der Waals surface area contributed by atoms with E-state index in [9.17, 15) is 0 Å². The van der Waals surface area contributed by atoms with Gasteiger partial charge in [-0.05, 0) is 19.1 Å². The van der Waals surface area contributed by atoms with Crippen molar-refractivity contribution in [2.75, 3.05) is 0 Å². The second kappa shape index (κ2) is 4.31. The van der Waals surface area contributed by atoms with Crippen molar-refractivity contribution < 1.29 is 4.42 Å². The Morgan fingerprint density at radius 1 is 1.47 bits per heavy atom. The van der Waals surface area contributed by atoms with Crippen molar-refractivity contribution in [1.82, 2.24) is 15.1 Å². The molecule has 2 rings (SSSR count). The number of hydrogen-bond donors (Lipinski definition) is 1. The van der Waals surface area contributed by atoms with Gasteiger partial charge in [0, 0.05) is 24.8 Å². The SMILES string of the molecule is Cc1c(CNCc2ccco2)cnn1C. The van der Waals surface area contributed by atoms with Crippen LogP contribution in [0.4, 0.5) is 0 Å². The lowest BCUT2D eigenvalue weighted by molar-refractivity contribution is 0.482. The molecule has 0 fully saturated rings. The molecule has 0 aromatic carbocycles. The van der Waals surface area contributed by atoms with E-state index in [1.165, 1.54) is 11.3 Å². The van der Waals surface area contributed by atoms with Crippen molar-refractivity contribution in [3.8, 4) is 0 Å². The largest absolute Gasteiger partial charge is 0.468 e. The van der Waals surface area contributed by atoms with Gasteiger partial charge in [0.25, 0.3) is 0 Å². The molecule has 0 aliphatic heterocycles. The lowest BCUT2D eigenvalue weighted by Crippen LogP contribution is -2.12. The summed E-state index contributed by atoms with van der Waals surface area (Å²) in [5.41, 5.74) is 2.42. The van der Waals surface area contributed by atoms with E-state index in [4.69, 9.17) is 4.42 Å². The molecule has 0 radical (unpaired) electrons. The highest BCUT2D eigenvalue weighted by Gasteiger charge is 2.02. The van der Waals surface area contributed by atoms with Gasteiger partial charge in [-0.1, -0.05) is 0 Å². The van der Waals surface area contributed by atoms with E-state index in [-0.39, 0.29) is 0 Å². The molecule has 2 heterocycles. The van der Waals surface area contributed by atoms with Crippen molar-refractivity contribution in [2.45, 2.75) is 20.0 Å². The van der Waals surface area contributed by atoms with Gasteiger partial charge in [0.1, 0.15) is 5.76 Å². The Hall–Kier alpha value is -1.55. The van der Waals surface area contributed by atoms with Crippen LogP contribution in [0.25, 0.3) is 0 Å². The molecule has 15 heavy (non-hydrogen) atoms. The lowest BCUT2D eigenvalue weighted by atomic mass is 10.2. The Bertz CT molecular complexity index is 417. The van der Waals surface area contributed by atoms with Gasteiger partial charge in [0.05, 0.1) is 19.0 Å². The molecule has 0 spiro atoms. The number of aromatic nitrogens is 2. The van der Waals surface area contributed by atoms with Gasteiger partial charge in [0.2, 0.25) is 0 Å². The predicted octanol–water partition coefficient (Wildman–Crippen LogP) is 1.61. The van der Waals surface area contributed by atoms with Crippen LogP contribution in [0.1, 0.15) is 17.0 Å². The molecule has 2 aromatic heterocycles. The van der Waals surface area contributed by atoms with Crippen molar-refractivity contribution in [3.05, 3.63) is 41.6 Å². The van der Waals surface area contributed by atoms with E-state index in [0.29, 0.717) is 0 Å². The minimum Gasteiger partial charge on any atom is -0.468 e. The minimum atomic E-state index is 0.751. The fourth-order valence-corrected chi connectivity index (χ4v) is 1.45. The Balaban J connectivity index is 1.86. The van der Waals surface area contributed by atoms with E-state index in [1.807, 2.05) is 30.1 Å². The van der Waals surface area contributed by atoms with E-state index < -0.39 is 0 Å². The third-order valence-electron chi connectivity index (χ3n) is 2.53. The zero-order chi connectivity index (χ0) is 10.7. The second-order valence-electron chi connectivity index (χ2n) is 3.56. The fourth-order valence-electron chi connectivity index (χ4n) is 1.45. The van der Waals surface area contributed by atoms with Gasteiger partial charge in [-0.15, -0.1) is 0 Å². The van der Waals surface area contributed by atoms with Gasteiger partial charge in [-0.2, -0.15) is 5.10 Å². The normalized spacial score (nSPS) is 10.8. The van der Waals surface area contributed by atoms with Gasteiger partial charge in [-0.3, -0.25) is 4.68 Å². The number of furan rings is 1. The number of hydrogen-bond acceptors (Lipinski definition) is 3. The summed E-state index contributed by atoms with van der Waals surface area (Å²) in [6, 6.07) is 3.86. The molecular weight excluding hydrogens is 190 g/mol. The van der Waals surface area contributed by atoms with Crippen molar-refractivity contribution in [2.24, 2.45) is 7.05 Å².